The van der Waals surface area contributed by atoms with E-state index < -0.39 is 0 Å². The Morgan fingerprint density at radius 3 is 2.75 bits per heavy atom. The Labute approximate surface area is 96.0 Å². The average molecular weight is 224 g/mol. The Balaban J connectivity index is 2.28. The van der Waals surface area contributed by atoms with Crippen molar-refractivity contribution in [1.29, 1.82) is 0 Å². The van der Waals surface area contributed by atoms with E-state index in [0.717, 1.165) is 29.9 Å². The fourth-order valence-electron chi connectivity index (χ4n) is 1.46. The largest absolute Gasteiger partial charge is 0.355 e. The van der Waals surface area contributed by atoms with E-state index in [4.69, 9.17) is 0 Å². The Bertz CT molecular complexity index is 326. The highest BCUT2D eigenvalue weighted by Crippen LogP contribution is 2.07. The van der Waals surface area contributed by atoms with Crippen LogP contribution in [0.5, 0.6) is 0 Å². The molecule has 1 aromatic heterocycles. The van der Waals surface area contributed by atoms with E-state index in [-0.39, 0.29) is 5.91 Å². The second-order valence-corrected chi connectivity index (χ2v) is 3.87. The molecule has 0 unspecified atom stereocenters. The molecule has 0 aliphatic carbocycles. The molecule has 90 valence electrons. The first-order valence-electron chi connectivity index (χ1n) is 5.63. The monoisotopic (exact) mass is 224 g/mol. The first kappa shape index (κ1) is 12.7. The number of nitrogens with one attached hydrogen (secondary N) is 3. The molecule has 16 heavy (non-hydrogen) atoms. The molecule has 0 bridgehead atoms. The smallest absolute Gasteiger partial charge is 0.233 e. The van der Waals surface area contributed by atoms with Crippen LogP contribution in [0.15, 0.2) is 0 Å². The second-order valence-electron chi connectivity index (χ2n) is 3.87. The van der Waals surface area contributed by atoms with Crippen LogP contribution in [0.3, 0.4) is 0 Å². The number of H-pyrrole nitrogens is 1. The number of amides is 1. The van der Waals surface area contributed by atoms with Gasteiger partial charge in [-0.2, -0.15) is 5.10 Å². The number of rotatable bonds is 6. The van der Waals surface area contributed by atoms with E-state index in [9.17, 15) is 4.79 Å². The summed E-state index contributed by atoms with van der Waals surface area (Å²) in [5, 5.41) is 12.9. The Morgan fingerprint density at radius 2 is 2.19 bits per heavy atom. The topological polar surface area (TPSA) is 69.8 Å². The molecule has 1 heterocycles. The van der Waals surface area contributed by atoms with E-state index in [1.165, 1.54) is 0 Å². The van der Waals surface area contributed by atoms with Crippen LogP contribution in [-0.4, -0.2) is 29.2 Å². The number of aryl methyl sites for hydroxylation is 2. The fourth-order valence-corrected chi connectivity index (χ4v) is 1.46. The van der Waals surface area contributed by atoms with E-state index in [2.05, 4.69) is 20.8 Å². The number of hydrogen-bond acceptors (Lipinski definition) is 3. The third-order valence-corrected chi connectivity index (χ3v) is 2.44. The maximum Gasteiger partial charge on any atom is 0.233 e. The van der Waals surface area contributed by atoms with Crippen LogP contribution in [-0.2, 0) is 11.3 Å². The summed E-state index contributed by atoms with van der Waals surface area (Å²) >= 11 is 0. The maximum absolute atomic E-state index is 11.3. The zero-order chi connectivity index (χ0) is 12.0. The second kappa shape index (κ2) is 6.27. The van der Waals surface area contributed by atoms with Crippen LogP contribution in [0.25, 0.3) is 0 Å². The third-order valence-electron chi connectivity index (χ3n) is 2.44. The van der Waals surface area contributed by atoms with Gasteiger partial charge >= 0.3 is 0 Å². The van der Waals surface area contributed by atoms with Crippen molar-refractivity contribution < 1.29 is 4.79 Å². The van der Waals surface area contributed by atoms with Crippen LogP contribution in [0.1, 0.15) is 30.3 Å². The molecule has 1 amide bonds. The van der Waals surface area contributed by atoms with E-state index in [1.54, 1.807) is 0 Å². The van der Waals surface area contributed by atoms with Gasteiger partial charge in [0.1, 0.15) is 0 Å². The van der Waals surface area contributed by atoms with Crippen molar-refractivity contribution in [3.05, 3.63) is 17.0 Å². The molecule has 1 rings (SSSR count). The fraction of sp³-hybridized carbons (Fsp3) is 0.636. The molecule has 1 aromatic rings. The summed E-state index contributed by atoms with van der Waals surface area (Å²) < 4.78 is 0. The van der Waals surface area contributed by atoms with Gasteiger partial charge in [-0.15, -0.1) is 0 Å². The van der Waals surface area contributed by atoms with Gasteiger partial charge < -0.3 is 10.6 Å². The predicted molar refractivity (Wildman–Crippen MR) is 63.1 cm³/mol. The molecule has 0 fully saturated rings. The molecule has 0 saturated carbocycles. The van der Waals surface area contributed by atoms with Crippen molar-refractivity contribution >= 4 is 5.91 Å². The maximum atomic E-state index is 11.3. The van der Waals surface area contributed by atoms with Gasteiger partial charge in [-0.1, -0.05) is 6.92 Å². The molecule has 0 saturated heterocycles. The number of hydrogen-bond donors (Lipinski definition) is 3. The van der Waals surface area contributed by atoms with Crippen molar-refractivity contribution in [1.82, 2.24) is 20.8 Å². The highest BCUT2D eigenvalue weighted by atomic mass is 16.1. The summed E-state index contributed by atoms with van der Waals surface area (Å²) in [6.07, 6.45) is 0.964. The minimum Gasteiger partial charge on any atom is -0.355 e. The minimum absolute atomic E-state index is 0.0423. The zero-order valence-corrected chi connectivity index (χ0v) is 10.2. The van der Waals surface area contributed by atoms with Crippen molar-refractivity contribution in [2.24, 2.45) is 0 Å². The van der Waals surface area contributed by atoms with Crippen LogP contribution < -0.4 is 10.6 Å². The van der Waals surface area contributed by atoms with Gasteiger partial charge in [0.15, 0.2) is 0 Å². The summed E-state index contributed by atoms with van der Waals surface area (Å²) in [5.74, 6) is 0.0423. The molecular weight excluding hydrogens is 204 g/mol. The summed E-state index contributed by atoms with van der Waals surface area (Å²) in [7, 11) is 0. The van der Waals surface area contributed by atoms with Gasteiger partial charge in [-0.05, 0) is 20.3 Å². The zero-order valence-electron chi connectivity index (χ0n) is 10.2. The molecule has 0 aliphatic heterocycles. The van der Waals surface area contributed by atoms with Crippen LogP contribution >= 0.6 is 0 Å². The summed E-state index contributed by atoms with van der Waals surface area (Å²) in [4.78, 5) is 11.3. The van der Waals surface area contributed by atoms with Gasteiger partial charge in [0.25, 0.3) is 0 Å². The minimum atomic E-state index is 0.0423. The highest BCUT2D eigenvalue weighted by molar-refractivity contribution is 5.77. The lowest BCUT2D eigenvalue weighted by molar-refractivity contribution is -0.120. The van der Waals surface area contributed by atoms with E-state index >= 15 is 0 Å². The summed E-state index contributed by atoms with van der Waals surface area (Å²) in [5.41, 5.74) is 3.18. The lowest BCUT2D eigenvalue weighted by atomic mass is 10.2. The van der Waals surface area contributed by atoms with Crippen molar-refractivity contribution in [3.8, 4) is 0 Å². The highest BCUT2D eigenvalue weighted by Gasteiger charge is 2.06. The normalized spacial score (nSPS) is 10.4. The predicted octanol–water partition coefficient (Wildman–Crippen LogP) is 0.642. The Morgan fingerprint density at radius 1 is 1.44 bits per heavy atom. The molecule has 0 atom stereocenters. The van der Waals surface area contributed by atoms with Crippen molar-refractivity contribution in [2.75, 3.05) is 13.1 Å². The number of aromatic amines is 1. The number of carbonyl (C=O) groups excluding carboxylic acids is 1. The molecule has 0 aliphatic rings. The SMILES string of the molecule is CCCNC(=O)CNCc1c(C)n[nH]c1C. The molecule has 5 heteroatoms. The van der Waals surface area contributed by atoms with Gasteiger partial charge in [0, 0.05) is 24.3 Å². The molecule has 0 radical (unpaired) electrons. The van der Waals surface area contributed by atoms with Crippen LogP contribution in [0, 0.1) is 13.8 Å². The van der Waals surface area contributed by atoms with Crippen LogP contribution in [0.2, 0.25) is 0 Å². The average Bonchev–Trinajstić information content (AvgIpc) is 2.57. The lowest BCUT2D eigenvalue weighted by Crippen LogP contribution is -2.34. The van der Waals surface area contributed by atoms with Crippen LogP contribution in [0.4, 0.5) is 0 Å². The molecule has 0 aromatic carbocycles. The number of carbonyl (C=O) groups is 1. The standard InChI is InChI=1S/C11H20N4O/c1-4-5-13-11(16)7-12-6-10-8(2)14-15-9(10)3/h12H,4-7H2,1-3H3,(H,13,16)(H,14,15). The first-order valence-corrected chi connectivity index (χ1v) is 5.63. The van der Waals surface area contributed by atoms with Crippen molar-refractivity contribution in [2.45, 2.75) is 33.7 Å². The third kappa shape index (κ3) is 3.66. The number of aromatic nitrogens is 2. The Hall–Kier alpha value is -1.36. The van der Waals surface area contributed by atoms with E-state index in [1.807, 2.05) is 20.8 Å². The number of nitrogens with zero attached hydrogens (tertiary/aromatic N) is 1. The van der Waals surface area contributed by atoms with Gasteiger partial charge in [-0.25, -0.2) is 0 Å². The van der Waals surface area contributed by atoms with Gasteiger partial charge in [0.05, 0.1) is 12.2 Å². The lowest BCUT2D eigenvalue weighted by Gasteiger charge is -2.05. The molecule has 5 nitrogen and oxygen atoms in total. The summed E-state index contributed by atoms with van der Waals surface area (Å²) in [6.45, 7) is 7.74. The van der Waals surface area contributed by atoms with Crippen molar-refractivity contribution in [3.63, 3.8) is 0 Å². The Kier molecular flexibility index (Phi) is 4.98. The molecule has 0 spiro atoms. The molecule has 3 N–H and O–H groups in total. The van der Waals surface area contributed by atoms with E-state index in [0.29, 0.717) is 13.1 Å². The molecular formula is C11H20N4O. The van der Waals surface area contributed by atoms with Gasteiger partial charge in [0.2, 0.25) is 5.91 Å². The van der Waals surface area contributed by atoms with Gasteiger partial charge in [-0.3, -0.25) is 9.89 Å². The quantitative estimate of drug-likeness (QED) is 0.664. The summed E-state index contributed by atoms with van der Waals surface area (Å²) in [6, 6.07) is 0. The first-order chi connectivity index (χ1) is 7.65.